The molecule has 0 atom stereocenters. The van der Waals surface area contributed by atoms with Crippen molar-refractivity contribution in [3.63, 3.8) is 0 Å². The van der Waals surface area contributed by atoms with Crippen LogP contribution in [0.1, 0.15) is 12.8 Å². The van der Waals surface area contributed by atoms with Crippen LogP contribution in [0.5, 0.6) is 5.75 Å². The number of sulfonamides is 1. The Labute approximate surface area is 188 Å². The molecule has 164 valence electrons. The Bertz CT molecular complexity index is 1310. The van der Waals surface area contributed by atoms with Gasteiger partial charge in [-0.3, -0.25) is 10.2 Å². The summed E-state index contributed by atoms with van der Waals surface area (Å²) in [4.78, 5) is 13.0. The molecule has 4 rings (SSSR count). The van der Waals surface area contributed by atoms with Crippen molar-refractivity contribution in [1.82, 2.24) is 8.87 Å². The second kappa shape index (κ2) is 8.62. The molecule has 2 heterocycles. The number of amides is 1. The lowest BCUT2D eigenvalue weighted by atomic mass is 10.3. The van der Waals surface area contributed by atoms with Gasteiger partial charge < -0.3 is 14.6 Å². The number of anilines is 1. The lowest BCUT2D eigenvalue weighted by Gasteiger charge is -2.17. The smallest absolute Gasteiger partial charge is 0.244 e. The van der Waals surface area contributed by atoms with E-state index in [1.54, 1.807) is 23.8 Å². The molecule has 31 heavy (non-hydrogen) atoms. The number of hydrogen-bond acceptors (Lipinski definition) is 6. The van der Waals surface area contributed by atoms with Gasteiger partial charge in [-0.15, -0.1) is 0 Å². The van der Waals surface area contributed by atoms with E-state index in [0.717, 1.165) is 23.1 Å². The first-order valence-electron chi connectivity index (χ1n) is 9.61. The number of nitrogens with one attached hydrogen (secondary N) is 2. The zero-order chi connectivity index (χ0) is 22.2. The minimum absolute atomic E-state index is 0.0935. The third-order valence-electron chi connectivity index (χ3n) is 5.13. The number of methoxy groups -OCH3 is 1. The van der Waals surface area contributed by atoms with Gasteiger partial charge in [-0.25, -0.2) is 8.42 Å². The molecule has 0 aliphatic carbocycles. The van der Waals surface area contributed by atoms with E-state index in [4.69, 9.17) is 21.7 Å². The Balaban J connectivity index is 1.57. The zero-order valence-corrected chi connectivity index (χ0v) is 19.1. The number of thiazole rings is 1. The average Bonchev–Trinajstić information content (AvgIpc) is 3.38. The molecule has 0 spiro atoms. The fourth-order valence-corrected chi connectivity index (χ4v) is 6.17. The molecule has 2 N–H and O–H groups in total. The first kappa shape index (κ1) is 21.8. The summed E-state index contributed by atoms with van der Waals surface area (Å²) < 4.78 is 34.7. The largest absolute Gasteiger partial charge is 0.497 e. The molecule has 1 amide bonds. The molecule has 11 heteroatoms. The fourth-order valence-electron chi connectivity index (χ4n) is 3.52. The minimum Gasteiger partial charge on any atom is -0.497 e. The van der Waals surface area contributed by atoms with Crippen molar-refractivity contribution in [3.8, 4) is 5.75 Å². The van der Waals surface area contributed by atoms with E-state index in [1.165, 1.54) is 33.8 Å². The molecule has 0 radical (unpaired) electrons. The second-order valence-corrected chi connectivity index (χ2v) is 10.5. The van der Waals surface area contributed by atoms with Crippen molar-refractivity contribution in [2.75, 3.05) is 25.5 Å². The number of ether oxygens (including phenoxy) is 1. The first-order chi connectivity index (χ1) is 14.8. The maximum Gasteiger partial charge on any atom is 0.244 e. The maximum absolute atomic E-state index is 12.8. The van der Waals surface area contributed by atoms with Gasteiger partial charge in [0.15, 0.2) is 4.80 Å². The lowest BCUT2D eigenvalue weighted by Crippen LogP contribution is -2.28. The molecular weight excluding hydrogens is 460 g/mol. The predicted molar refractivity (Wildman–Crippen MR) is 120 cm³/mol. The minimum atomic E-state index is -3.63. The van der Waals surface area contributed by atoms with Crippen LogP contribution in [0.3, 0.4) is 0 Å². The summed E-state index contributed by atoms with van der Waals surface area (Å²) in [7, 11) is -2.06. The molecule has 0 saturated carbocycles. The molecule has 1 aliphatic heterocycles. The molecule has 1 fully saturated rings. The van der Waals surface area contributed by atoms with E-state index in [2.05, 4.69) is 5.32 Å². The third-order valence-corrected chi connectivity index (χ3v) is 8.31. The molecular formula is C20H21ClN4O4S2. The van der Waals surface area contributed by atoms with E-state index in [0.29, 0.717) is 18.8 Å². The van der Waals surface area contributed by atoms with Crippen LogP contribution in [0.15, 0.2) is 41.3 Å². The summed E-state index contributed by atoms with van der Waals surface area (Å²) in [5, 5.41) is 11.1. The number of halogens is 1. The van der Waals surface area contributed by atoms with Crippen molar-refractivity contribution in [1.29, 1.82) is 5.41 Å². The normalized spacial score (nSPS) is 14.8. The van der Waals surface area contributed by atoms with Gasteiger partial charge in [-0.1, -0.05) is 22.9 Å². The molecule has 0 bridgehead atoms. The Morgan fingerprint density at radius 1 is 1.23 bits per heavy atom. The Kier molecular flexibility index (Phi) is 6.07. The molecule has 1 saturated heterocycles. The fraction of sp³-hybridized carbons (Fsp3) is 0.300. The topological polar surface area (TPSA) is 104 Å². The summed E-state index contributed by atoms with van der Waals surface area (Å²) in [6.07, 6.45) is 1.67. The van der Waals surface area contributed by atoms with Crippen molar-refractivity contribution >= 4 is 54.8 Å². The van der Waals surface area contributed by atoms with Crippen molar-refractivity contribution in [2.24, 2.45) is 0 Å². The van der Waals surface area contributed by atoms with E-state index < -0.39 is 15.9 Å². The number of hydrogen-bond donors (Lipinski definition) is 2. The summed E-state index contributed by atoms with van der Waals surface area (Å²) in [5.41, 5.74) is 0.961. The summed E-state index contributed by atoms with van der Waals surface area (Å²) in [6.45, 7) is 0.877. The second-order valence-electron chi connectivity index (χ2n) is 7.13. The van der Waals surface area contributed by atoms with Gasteiger partial charge in [-0.05, 0) is 49.2 Å². The molecule has 8 nitrogen and oxygen atoms in total. The standard InChI is InChI=1S/C20H21ClN4O4S2/c1-29-13-4-7-17-18(10-13)30-20(22)25(17)12-19(26)23-16-11-14(5-6-15(16)21)31(27,28)24-8-2-3-9-24/h4-7,10-11,22H,2-3,8-9,12H2,1H3,(H,23,26). The number of fused-ring (bicyclic) bond motifs is 1. The highest BCUT2D eigenvalue weighted by Gasteiger charge is 2.27. The Morgan fingerprint density at radius 2 is 1.97 bits per heavy atom. The Morgan fingerprint density at radius 3 is 2.68 bits per heavy atom. The average molecular weight is 481 g/mol. The van der Waals surface area contributed by atoms with Crippen LogP contribution in [-0.2, 0) is 21.4 Å². The summed E-state index contributed by atoms with van der Waals surface area (Å²) in [6, 6.07) is 9.68. The number of aromatic nitrogens is 1. The van der Waals surface area contributed by atoms with Crippen molar-refractivity contribution in [3.05, 3.63) is 46.2 Å². The first-order valence-corrected chi connectivity index (χ1v) is 12.2. The monoisotopic (exact) mass is 480 g/mol. The summed E-state index contributed by atoms with van der Waals surface area (Å²) in [5.74, 6) is 0.264. The highest BCUT2D eigenvalue weighted by atomic mass is 35.5. The van der Waals surface area contributed by atoms with Crippen LogP contribution < -0.4 is 14.9 Å². The van der Waals surface area contributed by atoms with E-state index in [9.17, 15) is 13.2 Å². The van der Waals surface area contributed by atoms with Gasteiger partial charge in [0, 0.05) is 13.1 Å². The Hall–Kier alpha value is -2.40. The molecule has 0 unspecified atom stereocenters. The van der Waals surface area contributed by atoms with Gasteiger partial charge in [-0.2, -0.15) is 4.31 Å². The van der Waals surface area contributed by atoms with Crippen LogP contribution in [0.25, 0.3) is 10.2 Å². The van der Waals surface area contributed by atoms with Crippen LogP contribution in [-0.4, -0.2) is 43.4 Å². The van der Waals surface area contributed by atoms with Crippen LogP contribution in [0.4, 0.5) is 5.69 Å². The third kappa shape index (κ3) is 4.33. The highest BCUT2D eigenvalue weighted by Crippen LogP contribution is 2.29. The van der Waals surface area contributed by atoms with Gasteiger partial charge in [0.1, 0.15) is 12.3 Å². The van der Waals surface area contributed by atoms with Crippen molar-refractivity contribution in [2.45, 2.75) is 24.3 Å². The van der Waals surface area contributed by atoms with E-state index in [-0.39, 0.29) is 27.0 Å². The zero-order valence-electron chi connectivity index (χ0n) is 16.7. The lowest BCUT2D eigenvalue weighted by molar-refractivity contribution is -0.116. The van der Waals surface area contributed by atoms with Crippen molar-refractivity contribution < 1.29 is 17.9 Å². The van der Waals surface area contributed by atoms with Crippen LogP contribution in [0.2, 0.25) is 5.02 Å². The van der Waals surface area contributed by atoms with Crippen LogP contribution >= 0.6 is 22.9 Å². The SMILES string of the molecule is COc1ccc2c(c1)sc(=N)n2CC(=O)Nc1cc(S(=O)(=O)N2CCCC2)ccc1Cl. The van der Waals surface area contributed by atoms with Gasteiger partial charge >= 0.3 is 0 Å². The number of rotatable bonds is 6. The highest BCUT2D eigenvalue weighted by molar-refractivity contribution is 7.89. The molecule has 3 aromatic rings. The quantitative estimate of drug-likeness (QED) is 0.565. The number of benzene rings is 2. The maximum atomic E-state index is 12.8. The molecule has 2 aromatic carbocycles. The summed E-state index contributed by atoms with van der Waals surface area (Å²) >= 11 is 7.45. The molecule has 1 aromatic heterocycles. The number of carbonyl (C=O) groups excluding carboxylic acids is 1. The number of carbonyl (C=O) groups is 1. The van der Waals surface area contributed by atoms with E-state index >= 15 is 0 Å². The van der Waals surface area contributed by atoms with Gasteiger partial charge in [0.05, 0.1) is 32.9 Å². The molecule has 1 aliphatic rings. The van der Waals surface area contributed by atoms with Crippen LogP contribution in [0, 0.1) is 5.41 Å². The predicted octanol–water partition coefficient (Wildman–Crippen LogP) is 3.27. The van der Waals surface area contributed by atoms with Gasteiger partial charge in [0.2, 0.25) is 15.9 Å². The van der Waals surface area contributed by atoms with Gasteiger partial charge in [0.25, 0.3) is 0 Å². The number of nitrogens with zero attached hydrogens (tertiary/aromatic N) is 2. The van der Waals surface area contributed by atoms with E-state index in [1.807, 2.05) is 6.07 Å².